The highest BCUT2D eigenvalue weighted by Gasteiger charge is 2.35. The zero-order valence-electron chi connectivity index (χ0n) is 13.0. The van der Waals surface area contributed by atoms with E-state index >= 15 is 0 Å². The van der Waals surface area contributed by atoms with Crippen molar-refractivity contribution in [3.8, 4) is 11.1 Å². The average molecular weight is 318 g/mol. The van der Waals surface area contributed by atoms with Gasteiger partial charge in [0.25, 0.3) is 0 Å². The van der Waals surface area contributed by atoms with Crippen molar-refractivity contribution in [2.45, 2.75) is 21.1 Å². The van der Waals surface area contributed by atoms with Gasteiger partial charge in [-0.15, -0.1) is 0 Å². The number of aldehydes is 1. The van der Waals surface area contributed by atoms with E-state index in [2.05, 4.69) is 79.1 Å². The number of rotatable bonds is 3. The molecule has 0 unspecified atom stereocenters. The quantitative estimate of drug-likeness (QED) is 0.597. The fourth-order valence-electron chi connectivity index (χ4n) is 3.46. The Labute approximate surface area is 138 Å². The van der Waals surface area contributed by atoms with Gasteiger partial charge in [0.15, 0.2) is 0 Å². The van der Waals surface area contributed by atoms with Crippen LogP contribution in [0.25, 0.3) is 11.1 Å². The molecule has 4 rings (SSSR count). The molecule has 1 nitrogen and oxygen atoms in total. The molecule has 1 heterocycles. The van der Waals surface area contributed by atoms with Crippen molar-refractivity contribution in [1.82, 2.24) is 0 Å². The molecule has 1 aliphatic heterocycles. The molecule has 0 fully saturated rings. The first-order valence-corrected chi connectivity index (χ1v) is 9.79. The molecule has 0 aromatic heterocycles. The number of hydrogen-bond donors (Lipinski definition) is 0. The summed E-state index contributed by atoms with van der Waals surface area (Å²) in [5.74, 6) is 0. The van der Waals surface area contributed by atoms with E-state index in [0.29, 0.717) is 6.42 Å². The molecular formula is C21H18OS. The minimum atomic E-state index is -1.22. The second-order valence-electron chi connectivity index (χ2n) is 5.93. The molecule has 0 radical (unpaired) electrons. The Bertz CT molecular complexity index is 835. The van der Waals surface area contributed by atoms with Crippen LogP contribution >= 0.6 is 10.0 Å². The van der Waals surface area contributed by atoms with Crippen LogP contribution in [0.3, 0.4) is 0 Å². The van der Waals surface area contributed by atoms with E-state index in [4.69, 9.17) is 0 Å². The second kappa shape index (κ2) is 5.39. The molecule has 2 heteroatoms. The molecule has 0 amide bonds. The molecule has 0 saturated heterocycles. The van der Waals surface area contributed by atoms with E-state index in [-0.39, 0.29) is 0 Å². The van der Waals surface area contributed by atoms with Gasteiger partial charge in [-0.3, -0.25) is 0 Å². The van der Waals surface area contributed by atoms with E-state index in [0.717, 1.165) is 11.8 Å². The number of fused-ring (bicyclic) bond motifs is 3. The zero-order valence-corrected chi connectivity index (χ0v) is 13.8. The summed E-state index contributed by atoms with van der Waals surface area (Å²) in [6.45, 7) is 0. The van der Waals surface area contributed by atoms with Gasteiger partial charge in [0.05, 0.1) is 0 Å². The third-order valence-electron chi connectivity index (χ3n) is 4.66. The second-order valence-corrected chi connectivity index (χ2v) is 9.11. The predicted octanol–water partition coefficient (Wildman–Crippen LogP) is 5.32. The minimum absolute atomic E-state index is 0.486. The largest absolute Gasteiger partial charge is 0.303 e. The number of carbonyl (C=O) groups excluding carboxylic acids is 1. The predicted molar refractivity (Wildman–Crippen MR) is 96.4 cm³/mol. The number of hydrogen-bond acceptors (Lipinski definition) is 1. The summed E-state index contributed by atoms with van der Waals surface area (Å²) >= 11 is 0. The van der Waals surface area contributed by atoms with Crippen LogP contribution < -0.4 is 0 Å². The van der Waals surface area contributed by atoms with E-state index in [9.17, 15) is 4.79 Å². The van der Waals surface area contributed by atoms with Gasteiger partial charge < -0.3 is 4.79 Å². The molecule has 0 atom stereocenters. The first-order chi connectivity index (χ1) is 11.2. The van der Waals surface area contributed by atoms with E-state index in [1.807, 2.05) is 0 Å². The first kappa shape index (κ1) is 14.3. The van der Waals surface area contributed by atoms with Crippen LogP contribution in [-0.2, 0) is 11.2 Å². The highest BCUT2D eigenvalue weighted by Crippen LogP contribution is 2.73. The Morgan fingerprint density at radius 2 is 1.30 bits per heavy atom. The fraction of sp³-hybridized carbons (Fsp3) is 0.0952. The molecule has 0 aliphatic carbocycles. The summed E-state index contributed by atoms with van der Waals surface area (Å²) in [5.41, 5.74) is 3.79. The maximum atomic E-state index is 10.7. The molecule has 0 saturated carbocycles. The lowest BCUT2D eigenvalue weighted by atomic mass is 10.1. The van der Waals surface area contributed by atoms with Crippen molar-refractivity contribution < 1.29 is 4.79 Å². The lowest BCUT2D eigenvalue weighted by molar-refractivity contribution is -0.107. The fourth-order valence-corrected chi connectivity index (χ4v) is 6.82. The molecule has 3 aromatic rings. The van der Waals surface area contributed by atoms with Crippen LogP contribution in [0.4, 0.5) is 0 Å². The normalized spacial score (nSPS) is 15.5. The Morgan fingerprint density at radius 1 is 0.783 bits per heavy atom. The Balaban J connectivity index is 1.94. The SMILES string of the molecule is CS1(c2ccc(CC=O)cc2)c2ccccc2-c2ccccc21. The summed E-state index contributed by atoms with van der Waals surface area (Å²) < 4.78 is 0. The molecule has 0 N–H and O–H groups in total. The summed E-state index contributed by atoms with van der Waals surface area (Å²) in [4.78, 5) is 14.9. The van der Waals surface area contributed by atoms with Crippen molar-refractivity contribution in [2.75, 3.05) is 6.26 Å². The van der Waals surface area contributed by atoms with Gasteiger partial charge in [0.2, 0.25) is 0 Å². The maximum Gasteiger partial charge on any atom is 0.124 e. The number of carbonyl (C=O) groups is 1. The van der Waals surface area contributed by atoms with Crippen LogP contribution in [0.2, 0.25) is 0 Å². The lowest BCUT2D eigenvalue weighted by Gasteiger charge is -2.34. The van der Waals surface area contributed by atoms with Gasteiger partial charge in [-0.1, -0.05) is 48.5 Å². The molecule has 23 heavy (non-hydrogen) atoms. The molecule has 1 aliphatic rings. The van der Waals surface area contributed by atoms with E-state index in [1.54, 1.807) is 0 Å². The van der Waals surface area contributed by atoms with Gasteiger partial charge in [-0.05, 0) is 52.1 Å². The third-order valence-corrected chi connectivity index (χ3v) is 8.34. The van der Waals surface area contributed by atoms with E-state index < -0.39 is 10.0 Å². The van der Waals surface area contributed by atoms with Crippen molar-refractivity contribution in [3.05, 3.63) is 78.4 Å². The number of benzene rings is 3. The molecule has 0 bridgehead atoms. The average Bonchev–Trinajstić information content (AvgIpc) is 2.87. The van der Waals surface area contributed by atoms with Crippen molar-refractivity contribution >= 4 is 16.3 Å². The minimum Gasteiger partial charge on any atom is -0.303 e. The highest BCUT2D eigenvalue weighted by atomic mass is 32.3. The summed E-state index contributed by atoms with van der Waals surface area (Å²) in [5, 5.41) is 0. The van der Waals surface area contributed by atoms with Gasteiger partial charge in [-0.25, -0.2) is 0 Å². The van der Waals surface area contributed by atoms with Crippen LogP contribution in [-0.4, -0.2) is 12.5 Å². The summed E-state index contributed by atoms with van der Waals surface area (Å²) in [7, 11) is -1.22. The summed E-state index contributed by atoms with van der Waals surface area (Å²) in [6.07, 6.45) is 3.83. The van der Waals surface area contributed by atoms with Gasteiger partial charge in [0.1, 0.15) is 6.29 Å². The van der Waals surface area contributed by atoms with Crippen LogP contribution in [0, 0.1) is 0 Å². The molecule has 114 valence electrons. The topological polar surface area (TPSA) is 17.1 Å². The zero-order chi connectivity index (χ0) is 15.9. The summed E-state index contributed by atoms with van der Waals surface area (Å²) in [6, 6.07) is 26.1. The molecule has 0 spiro atoms. The van der Waals surface area contributed by atoms with Gasteiger partial charge in [0, 0.05) is 16.2 Å². The smallest absolute Gasteiger partial charge is 0.124 e. The monoisotopic (exact) mass is 318 g/mol. The van der Waals surface area contributed by atoms with Crippen molar-refractivity contribution in [1.29, 1.82) is 0 Å². The van der Waals surface area contributed by atoms with Crippen LogP contribution in [0.15, 0.2) is 87.5 Å². The Hall–Kier alpha value is -2.32. The standard InChI is InChI=1S/C21H18OS/c1-23(17-12-10-16(11-13-17)14-15-22)20-8-4-2-6-18(20)19-7-3-5-9-21(19)23/h2-13,15H,14H2,1H3. The first-order valence-electron chi connectivity index (χ1n) is 7.74. The maximum absolute atomic E-state index is 10.7. The van der Waals surface area contributed by atoms with Gasteiger partial charge >= 0.3 is 0 Å². The molecule has 3 aromatic carbocycles. The highest BCUT2D eigenvalue weighted by molar-refractivity contribution is 8.33. The van der Waals surface area contributed by atoms with Crippen molar-refractivity contribution in [2.24, 2.45) is 0 Å². The van der Waals surface area contributed by atoms with E-state index in [1.165, 1.54) is 25.8 Å². The third kappa shape index (κ3) is 2.06. The Morgan fingerprint density at radius 3 is 1.83 bits per heavy atom. The molecular weight excluding hydrogens is 300 g/mol. The van der Waals surface area contributed by atoms with Crippen LogP contribution in [0.1, 0.15) is 5.56 Å². The van der Waals surface area contributed by atoms with Crippen molar-refractivity contribution in [3.63, 3.8) is 0 Å². The Kier molecular flexibility index (Phi) is 3.35. The van der Waals surface area contributed by atoms with Gasteiger partial charge in [-0.2, -0.15) is 10.0 Å². The lowest BCUT2D eigenvalue weighted by Crippen LogP contribution is -1.98. The van der Waals surface area contributed by atoms with Crippen LogP contribution in [0.5, 0.6) is 0 Å².